The SMILES string of the molecule is CCOC(=O)c1ccc(Nc2ccc(C(=O)Nc3cccc(C#N)c3)nn2)cc1. The van der Waals surface area contributed by atoms with E-state index in [-0.39, 0.29) is 11.7 Å². The number of rotatable bonds is 6. The quantitative estimate of drug-likeness (QED) is 0.621. The van der Waals surface area contributed by atoms with Crippen molar-refractivity contribution in [3.8, 4) is 6.07 Å². The smallest absolute Gasteiger partial charge is 0.338 e. The zero-order chi connectivity index (χ0) is 20.6. The Balaban J connectivity index is 1.63. The number of aromatic nitrogens is 2. The van der Waals surface area contributed by atoms with Gasteiger partial charge < -0.3 is 15.4 Å². The summed E-state index contributed by atoms with van der Waals surface area (Å²) in [6, 6.07) is 18.5. The zero-order valence-corrected chi connectivity index (χ0v) is 15.5. The Morgan fingerprint density at radius 2 is 1.83 bits per heavy atom. The first-order valence-corrected chi connectivity index (χ1v) is 8.78. The maximum absolute atomic E-state index is 12.3. The van der Waals surface area contributed by atoms with Crippen molar-refractivity contribution < 1.29 is 14.3 Å². The van der Waals surface area contributed by atoms with Crippen LogP contribution in [0.25, 0.3) is 0 Å². The van der Waals surface area contributed by atoms with E-state index in [1.54, 1.807) is 61.5 Å². The van der Waals surface area contributed by atoms with Crippen molar-refractivity contribution in [1.82, 2.24) is 10.2 Å². The summed E-state index contributed by atoms with van der Waals surface area (Å²) >= 11 is 0. The van der Waals surface area contributed by atoms with Crippen molar-refractivity contribution in [3.05, 3.63) is 77.5 Å². The van der Waals surface area contributed by atoms with Crippen molar-refractivity contribution in [3.63, 3.8) is 0 Å². The molecule has 0 aliphatic heterocycles. The molecule has 0 aliphatic rings. The van der Waals surface area contributed by atoms with Gasteiger partial charge in [-0.15, -0.1) is 10.2 Å². The van der Waals surface area contributed by atoms with Crippen molar-refractivity contribution in [2.45, 2.75) is 6.92 Å². The Bertz CT molecular complexity index is 1060. The minimum Gasteiger partial charge on any atom is -0.462 e. The number of hydrogen-bond acceptors (Lipinski definition) is 7. The summed E-state index contributed by atoms with van der Waals surface area (Å²) in [5, 5.41) is 22.5. The van der Waals surface area contributed by atoms with Crippen molar-refractivity contribution in [1.29, 1.82) is 5.26 Å². The summed E-state index contributed by atoms with van der Waals surface area (Å²) in [4.78, 5) is 23.9. The molecule has 1 heterocycles. The molecule has 0 radical (unpaired) electrons. The monoisotopic (exact) mass is 387 g/mol. The lowest BCUT2D eigenvalue weighted by Crippen LogP contribution is -2.14. The van der Waals surface area contributed by atoms with Gasteiger partial charge >= 0.3 is 5.97 Å². The molecule has 1 aromatic heterocycles. The number of nitrogens with zero attached hydrogens (tertiary/aromatic N) is 3. The third-order valence-corrected chi connectivity index (χ3v) is 3.82. The fourth-order valence-electron chi connectivity index (χ4n) is 2.43. The molecular formula is C21H17N5O3. The van der Waals surface area contributed by atoms with Crippen molar-refractivity contribution >= 4 is 29.1 Å². The first-order chi connectivity index (χ1) is 14.1. The van der Waals surface area contributed by atoms with Gasteiger partial charge in [0.25, 0.3) is 5.91 Å². The van der Waals surface area contributed by atoms with E-state index in [0.29, 0.717) is 34.9 Å². The number of nitriles is 1. The number of benzene rings is 2. The molecule has 2 N–H and O–H groups in total. The van der Waals surface area contributed by atoms with Crippen molar-refractivity contribution in [2.75, 3.05) is 17.2 Å². The van der Waals surface area contributed by atoms with Gasteiger partial charge in [-0.1, -0.05) is 6.07 Å². The van der Waals surface area contributed by atoms with Gasteiger partial charge in [-0.25, -0.2) is 4.79 Å². The molecule has 0 saturated carbocycles. The molecule has 8 heteroatoms. The van der Waals surface area contributed by atoms with Gasteiger partial charge in [0.05, 0.1) is 23.8 Å². The van der Waals surface area contributed by atoms with Gasteiger partial charge in [0, 0.05) is 11.4 Å². The van der Waals surface area contributed by atoms with Crippen LogP contribution in [0.4, 0.5) is 17.2 Å². The molecule has 0 fully saturated rings. The first-order valence-electron chi connectivity index (χ1n) is 8.78. The molecular weight excluding hydrogens is 370 g/mol. The number of carbonyl (C=O) groups is 2. The summed E-state index contributed by atoms with van der Waals surface area (Å²) in [7, 11) is 0. The van der Waals surface area contributed by atoms with Gasteiger partial charge in [-0.05, 0) is 61.5 Å². The lowest BCUT2D eigenvalue weighted by molar-refractivity contribution is 0.0526. The van der Waals surface area contributed by atoms with Gasteiger partial charge in [0.15, 0.2) is 11.5 Å². The molecule has 1 amide bonds. The van der Waals surface area contributed by atoms with Crippen LogP contribution in [0.1, 0.15) is 33.3 Å². The number of anilines is 3. The Labute approximate surface area is 167 Å². The Kier molecular flexibility index (Phi) is 6.12. The van der Waals surface area contributed by atoms with E-state index in [9.17, 15) is 9.59 Å². The molecule has 3 aromatic rings. The molecule has 0 saturated heterocycles. The average molecular weight is 387 g/mol. The summed E-state index contributed by atoms with van der Waals surface area (Å²) in [5.74, 6) is -0.371. The maximum Gasteiger partial charge on any atom is 0.338 e. The molecule has 0 spiro atoms. The molecule has 8 nitrogen and oxygen atoms in total. The van der Waals surface area contributed by atoms with Gasteiger partial charge in [0.2, 0.25) is 0 Å². The molecule has 29 heavy (non-hydrogen) atoms. The van der Waals surface area contributed by atoms with Crippen LogP contribution in [0.2, 0.25) is 0 Å². The second-order valence-electron chi connectivity index (χ2n) is 5.87. The fourth-order valence-corrected chi connectivity index (χ4v) is 2.43. The molecule has 0 unspecified atom stereocenters. The van der Waals surface area contributed by atoms with E-state index >= 15 is 0 Å². The average Bonchev–Trinajstić information content (AvgIpc) is 2.75. The summed E-state index contributed by atoms with van der Waals surface area (Å²) in [6.07, 6.45) is 0. The summed E-state index contributed by atoms with van der Waals surface area (Å²) < 4.78 is 4.94. The highest BCUT2D eigenvalue weighted by Crippen LogP contribution is 2.16. The van der Waals surface area contributed by atoms with Crippen LogP contribution < -0.4 is 10.6 Å². The summed E-state index contributed by atoms with van der Waals surface area (Å²) in [6.45, 7) is 2.07. The lowest BCUT2D eigenvalue weighted by atomic mass is 10.2. The van der Waals surface area contributed by atoms with E-state index in [2.05, 4.69) is 20.8 Å². The Hall–Kier alpha value is -4.25. The highest BCUT2D eigenvalue weighted by Gasteiger charge is 2.10. The molecule has 3 rings (SSSR count). The minimum absolute atomic E-state index is 0.135. The van der Waals surface area contributed by atoms with Gasteiger partial charge in [0.1, 0.15) is 0 Å². The van der Waals surface area contributed by atoms with Crippen LogP contribution in [0.5, 0.6) is 0 Å². The highest BCUT2D eigenvalue weighted by atomic mass is 16.5. The van der Waals surface area contributed by atoms with E-state index in [4.69, 9.17) is 10.00 Å². The van der Waals surface area contributed by atoms with Crippen LogP contribution in [0.15, 0.2) is 60.7 Å². The third kappa shape index (κ3) is 5.14. The van der Waals surface area contributed by atoms with Crippen LogP contribution in [-0.4, -0.2) is 28.7 Å². The van der Waals surface area contributed by atoms with E-state index in [1.807, 2.05) is 6.07 Å². The van der Waals surface area contributed by atoms with Crippen LogP contribution in [0.3, 0.4) is 0 Å². The summed E-state index contributed by atoms with van der Waals surface area (Å²) in [5.41, 5.74) is 2.24. The largest absolute Gasteiger partial charge is 0.462 e. The maximum atomic E-state index is 12.3. The van der Waals surface area contributed by atoms with Crippen LogP contribution >= 0.6 is 0 Å². The van der Waals surface area contributed by atoms with Crippen molar-refractivity contribution in [2.24, 2.45) is 0 Å². The lowest BCUT2D eigenvalue weighted by Gasteiger charge is -2.07. The second-order valence-corrected chi connectivity index (χ2v) is 5.87. The normalized spacial score (nSPS) is 9.93. The number of ether oxygens (including phenoxy) is 1. The number of esters is 1. The van der Waals surface area contributed by atoms with Crippen LogP contribution in [0, 0.1) is 11.3 Å². The predicted octanol–water partition coefficient (Wildman–Crippen LogP) is 3.52. The molecule has 0 bridgehead atoms. The number of hydrogen-bond donors (Lipinski definition) is 2. The van der Waals surface area contributed by atoms with E-state index < -0.39 is 5.91 Å². The third-order valence-electron chi connectivity index (χ3n) is 3.82. The Morgan fingerprint density at radius 3 is 2.48 bits per heavy atom. The number of nitrogens with one attached hydrogen (secondary N) is 2. The molecule has 2 aromatic carbocycles. The minimum atomic E-state index is -0.432. The predicted molar refractivity (Wildman–Crippen MR) is 107 cm³/mol. The zero-order valence-electron chi connectivity index (χ0n) is 15.5. The molecule has 0 atom stereocenters. The van der Waals surface area contributed by atoms with E-state index in [0.717, 1.165) is 0 Å². The Morgan fingerprint density at radius 1 is 1.03 bits per heavy atom. The number of amides is 1. The van der Waals surface area contributed by atoms with Gasteiger partial charge in [-0.3, -0.25) is 4.79 Å². The molecule has 144 valence electrons. The second kappa shape index (κ2) is 9.10. The van der Waals surface area contributed by atoms with E-state index in [1.165, 1.54) is 6.07 Å². The first kappa shape index (κ1) is 19.5. The van der Waals surface area contributed by atoms with Gasteiger partial charge in [-0.2, -0.15) is 5.26 Å². The van der Waals surface area contributed by atoms with Crippen LogP contribution in [-0.2, 0) is 4.74 Å². The molecule has 0 aliphatic carbocycles. The standard InChI is InChI=1S/C21H17N5O3/c1-2-29-21(28)15-6-8-16(9-7-15)23-19-11-10-18(25-26-19)20(27)24-17-5-3-4-14(12-17)13-22/h3-12H,2H2,1H3,(H,23,26)(H,24,27). The number of carbonyl (C=O) groups excluding carboxylic acids is 2. The topological polar surface area (TPSA) is 117 Å². The highest BCUT2D eigenvalue weighted by molar-refractivity contribution is 6.02. The fraction of sp³-hybridized carbons (Fsp3) is 0.0952.